The lowest BCUT2D eigenvalue weighted by Gasteiger charge is -2.16. The summed E-state index contributed by atoms with van der Waals surface area (Å²) in [6, 6.07) is 0. The number of allylic oxidation sites excluding steroid dienone is 1. The number of ketones is 1. The molecule has 0 aromatic carbocycles. The van der Waals surface area contributed by atoms with Crippen LogP contribution < -0.4 is 0 Å². The van der Waals surface area contributed by atoms with E-state index >= 15 is 0 Å². The summed E-state index contributed by atoms with van der Waals surface area (Å²) in [7, 11) is 0. The van der Waals surface area contributed by atoms with Crippen LogP contribution in [-0.4, -0.2) is 16.8 Å². The molecule has 2 heteroatoms. The fourth-order valence-corrected chi connectivity index (χ4v) is 2.27. The minimum Gasteiger partial charge on any atom is -0.300 e. The predicted octanol–water partition coefficient (Wildman–Crippen LogP) is 2.03. The Kier molecular flexibility index (Phi) is 3.00. The van der Waals surface area contributed by atoms with E-state index in [-0.39, 0.29) is 0 Å². The van der Waals surface area contributed by atoms with E-state index in [0.29, 0.717) is 11.0 Å². The van der Waals surface area contributed by atoms with Gasteiger partial charge < -0.3 is 0 Å². The van der Waals surface area contributed by atoms with Gasteiger partial charge in [-0.25, -0.2) is 0 Å². The van der Waals surface area contributed by atoms with Gasteiger partial charge in [0.15, 0.2) is 0 Å². The minimum absolute atomic E-state index is 0.418. The van der Waals surface area contributed by atoms with Gasteiger partial charge in [-0.05, 0) is 6.92 Å². The van der Waals surface area contributed by atoms with Crippen LogP contribution in [0.25, 0.3) is 0 Å². The van der Waals surface area contributed by atoms with Gasteiger partial charge in [-0.2, -0.15) is 11.8 Å². The van der Waals surface area contributed by atoms with Gasteiger partial charge in [0.1, 0.15) is 5.78 Å². The van der Waals surface area contributed by atoms with Crippen molar-refractivity contribution >= 4 is 17.5 Å². The Morgan fingerprint density at radius 1 is 1.70 bits per heavy atom. The Bertz CT molecular complexity index is 151. The van der Waals surface area contributed by atoms with E-state index in [1.807, 2.05) is 24.8 Å². The van der Waals surface area contributed by atoms with Crippen molar-refractivity contribution in [3.63, 3.8) is 0 Å². The van der Waals surface area contributed by atoms with Crippen molar-refractivity contribution in [3.8, 4) is 0 Å². The maximum Gasteiger partial charge on any atom is 0.135 e. The zero-order valence-electron chi connectivity index (χ0n) is 6.17. The molecule has 0 saturated carbocycles. The molecule has 0 aromatic heterocycles. The quantitative estimate of drug-likeness (QED) is 0.540. The second-order valence-electron chi connectivity index (χ2n) is 2.43. The minimum atomic E-state index is 0.418. The smallest absolute Gasteiger partial charge is 0.135 e. The zero-order valence-corrected chi connectivity index (χ0v) is 6.99. The van der Waals surface area contributed by atoms with Gasteiger partial charge in [-0.3, -0.25) is 4.79 Å². The second kappa shape index (κ2) is 3.81. The maximum absolute atomic E-state index is 10.9. The number of thioether (sulfide) groups is 1. The van der Waals surface area contributed by atoms with E-state index in [1.165, 1.54) is 0 Å². The summed E-state index contributed by atoms with van der Waals surface area (Å²) in [6.07, 6.45) is 5.66. The molecule has 1 nitrogen and oxygen atoms in total. The molecule has 0 amide bonds. The highest BCUT2D eigenvalue weighted by molar-refractivity contribution is 8.00. The van der Waals surface area contributed by atoms with Crippen LogP contribution in [0.5, 0.6) is 0 Å². The van der Waals surface area contributed by atoms with Crippen LogP contribution in [0.15, 0.2) is 12.2 Å². The summed E-state index contributed by atoms with van der Waals surface area (Å²) in [5.74, 6) is 1.43. The first-order valence-corrected chi connectivity index (χ1v) is 4.64. The molecule has 10 heavy (non-hydrogen) atoms. The Balaban J connectivity index is 2.39. The number of rotatable bonds is 1. The van der Waals surface area contributed by atoms with Gasteiger partial charge in [-0.15, -0.1) is 0 Å². The van der Waals surface area contributed by atoms with Crippen LogP contribution in [-0.2, 0) is 4.79 Å². The second-order valence-corrected chi connectivity index (χ2v) is 3.77. The lowest BCUT2D eigenvalue weighted by molar-refractivity contribution is -0.118. The number of carbonyl (C=O) groups is 1. The Labute approximate surface area is 65.9 Å². The van der Waals surface area contributed by atoms with E-state index in [2.05, 4.69) is 6.08 Å². The van der Waals surface area contributed by atoms with Crippen molar-refractivity contribution in [2.24, 2.45) is 0 Å². The largest absolute Gasteiger partial charge is 0.300 e. The van der Waals surface area contributed by atoms with E-state index < -0.39 is 0 Å². The SMILES string of the molecule is CC=CC1CC(=O)CCS1. The molecule has 0 spiro atoms. The Morgan fingerprint density at radius 2 is 2.50 bits per heavy atom. The molecule has 0 aromatic rings. The van der Waals surface area contributed by atoms with Crippen LogP contribution >= 0.6 is 11.8 Å². The summed E-state index contributed by atoms with van der Waals surface area (Å²) in [6.45, 7) is 2.00. The van der Waals surface area contributed by atoms with Crippen LogP contribution in [0.2, 0.25) is 0 Å². The third-order valence-corrected chi connectivity index (χ3v) is 2.74. The molecule has 1 heterocycles. The summed E-state index contributed by atoms with van der Waals surface area (Å²) in [5.41, 5.74) is 0. The van der Waals surface area contributed by atoms with Gasteiger partial charge in [-0.1, -0.05) is 12.2 Å². The van der Waals surface area contributed by atoms with Gasteiger partial charge in [0, 0.05) is 23.8 Å². The molecule has 1 atom stereocenters. The van der Waals surface area contributed by atoms with Crippen molar-refractivity contribution in [2.45, 2.75) is 25.0 Å². The normalized spacial score (nSPS) is 27.7. The first-order chi connectivity index (χ1) is 4.83. The van der Waals surface area contributed by atoms with Gasteiger partial charge in [0.25, 0.3) is 0 Å². The molecule has 1 aliphatic rings. The van der Waals surface area contributed by atoms with Crippen LogP contribution in [0.1, 0.15) is 19.8 Å². The van der Waals surface area contributed by atoms with Crippen molar-refractivity contribution < 1.29 is 4.79 Å². The lowest BCUT2D eigenvalue weighted by atomic mass is 10.1. The van der Waals surface area contributed by atoms with Crippen LogP contribution in [0.4, 0.5) is 0 Å². The Morgan fingerprint density at radius 3 is 3.10 bits per heavy atom. The Hall–Kier alpha value is -0.240. The number of hydrogen-bond donors (Lipinski definition) is 0. The highest BCUT2D eigenvalue weighted by Gasteiger charge is 2.16. The standard InChI is InChI=1S/C8H12OS/c1-2-3-8-6-7(9)4-5-10-8/h2-3,8H,4-6H2,1H3. The van der Waals surface area contributed by atoms with Gasteiger partial charge in [0.05, 0.1) is 0 Å². The zero-order chi connectivity index (χ0) is 7.40. The molecular formula is C8H12OS. The number of hydrogen-bond acceptors (Lipinski definition) is 2. The third-order valence-electron chi connectivity index (χ3n) is 1.55. The van der Waals surface area contributed by atoms with Crippen LogP contribution in [0.3, 0.4) is 0 Å². The average Bonchev–Trinajstić information content (AvgIpc) is 1.88. The summed E-state index contributed by atoms with van der Waals surface area (Å²) in [4.78, 5) is 10.9. The van der Waals surface area contributed by atoms with Gasteiger partial charge >= 0.3 is 0 Å². The van der Waals surface area contributed by atoms with Crippen LogP contribution in [0, 0.1) is 0 Å². The highest BCUT2D eigenvalue weighted by Crippen LogP contribution is 2.23. The molecule has 1 rings (SSSR count). The van der Waals surface area contributed by atoms with E-state index in [4.69, 9.17) is 0 Å². The fraction of sp³-hybridized carbons (Fsp3) is 0.625. The molecule has 1 unspecified atom stereocenters. The molecule has 0 bridgehead atoms. The van der Waals surface area contributed by atoms with E-state index in [0.717, 1.165) is 18.6 Å². The lowest BCUT2D eigenvalue weighted by Crippen LogP contribution is -2.15. The average molecular weight is 156 g/mol. The topological polar surface area (TPSA) is 17.1 Å². The molecule has 1 saturated heterocycles. The molecule has 1 aliphatic heterocycles. The van der Waals surface area contributed by atoms with Gasteiger partial charge in [0.2, 0.25) is 0 Å². The predicted molar refractivity (Wildman–Crippen MR) is 45.3 cm³/mol. The summed E-state index contributed by atoms with van der Waals surface area (Å²) >= 11 is 1.88. The first kappa shape index (κ1) is 7.86. The van der Waals surface area contributed by atoms with Crippen molar-refractivity contribution in [3.05, 3.63) is 12.2 Å². The number of Topliss-reactive ketones (excluding diaryl/α,β-unsaturated/α-hetero) is 1. The van der Waals surface area contributed by atoms with Crippen molar-refractivity contribution in [1.29, 1.82) is 0 Å². The maximum atomic E-state index is 10.9. The first-order valence-electron chi connectivity index (χ1n) is 3.59. The molecule has 1 fully saturated rings. The van der Waals surface area contributed by atoms with Crippen molar-refractivity contribution in [1.82, 2.24) is 0 Å². The number of carbonyl (C=O) groups excluding carboxylic acids is 1. The monoisotopic (exact) mass is 156 g/mol. The molecule has 0 N–H and O–H groups in total. The van der Waals surface area contributed by atoms with Crippen molar-refractivity contribution in [2.75, 3.05) is 5.75 Å². The van der Waals surface area contributed by atoms with E-state index in [9.17, 15) is 4.79 Å². The molecular weight excluding hydrogens is 144 g/mol. The molecule has 0 aliphatic carbocycles. The third kappa shape index (κ3) is 2.18. The van der Waals surface area contributed by atoms with E-state index in [1.54, 1.807) is 0 Å². The summed E-state index contributed by atoms with van der Waals surface area (Å²) in [5, 5.41) is 0.464. The highest BCUT2D eigenvalue weighted by atomic mass is 32.2. The molecule has 56 valence electrons. The molecule has 0 radical (unpaired) electrons. The summed E-state index contributed by atoms with van der Waals surface area (Å²) < 4.78 is 0. The fourth-order valence-electron chi connectivity index (χ4n) is 1.05.